The summed E-state index contributed by atoms with van der Waals surface area (Å²) in [6.45, 7) is 2.56. The third-order valence-electron chi connectivity index (χ3n) is 3.51. The van der Waals surface area contributed by atoms with E-state index in [1.165, 1.54) is 5.56 Å². The summed E-state index contributed by atoms with van der Waals surface area (Å²) in [6, 6.07) is 15.6. The second kappa shape index (κ2) is 5.71. The molecule has 0 saturated heterocycles. The van der Waals surface area contributed by atoms with Gasteiger partial charge in [0.25, 0.3) is 0 Å². The second-order valence-electron chi connectivity index (χ2n) is 5.01. The fourth-order valence-electron chi connectivity index (χ4n) is 2.29. The summed E-state index contributed by atoms with van der Waals surface area (Å²) >= 11 is 0. The molecule has 2 amide bonds. The Kier molecular flexibility index (Phi) is 3.60. The quantitative estimate of drug-likeness (QED) is 0.671. The standard InChI is InChI=1S/C17H17N3O/c1-12-4-2-3-5-14(12)11-19-17(21)20-15-6-7-16-13(10-15)8-9-18-16/h2-10,18H,11H2,1H3,(H2,19,20,21). The van der Waals surface area contributed by atoms with E-state index in [1.54, 1.807) is 0 Å². The van der Waals surface area contributed by atoms with Crippen LogP contribution in [0.25, 0.3) is 10.9 Å². The molecule has 0 aliphatic rings. The predicted octanol–water partition coefficient (Wildman–Crippen LogP) is 3.80. The maximum absolute atomic E-state index is 11.9. The van der Waals surface area contributed by atoms with Crippen molar-refractivity contribution in [3.63, 3.8) is 0 Å². The number of rotatable bonds is 3. The third kappa shape index (κ3) is 3.05. The molecule has 1 aromatic heterocycles. The lowest BCUT2D eigenvalue weighted by molar-refractivity contribution is 0.251. The molecule has 2 aromatic carbocycles. The number of benzene rings is 2. The van der Waals surface area contributed by atoms with E-state index >= 15 is 0 Å². The van der Waals surface area contributed by atoms with Crippen LogP contribution in [0, 0.1) is 6.92 Å². The van der Waals surface area contributed by atoms with Gasteiger partial charge in [0.05, 0.1) is 0 Å². The Morgan fingerprint density at radius 1 is 1.14 bits per heavy atom. The van der Waals surface area contributed by atoms with Crippen LogP contribution in [0.3, 0.4) is 0 Å². The maximum Gasteiger partial charge on any atom is 0.319 e. The number of amides is 2. The molecule has 4 heteroatoms. The summed E-state index contributed by atoms with van der Waals surface area (Å²) in [5.74, 6) is 0. The van der Waals surface area contributed by atoms with Crippen LogP contribution in [0.2, 0.25) is 0 Å². The summed E-state index contributed by atoms with van der Waals surface area (Å²) in [6.07, 6.45) is 1.88. The van der Waals surface area contributed by atoms with Gasteiger partial charge in [0.2, 0.25) is 0 Å². The number of carbonyl (C=O) groups excluding carboxylic acids is 1. The van der Waals surface area contributed by atoms with Crippen molar-refractivity contribution in [2.75, 3.05) is 5.32 Å². The van der Waals surface area contributed by atoms with Crippen molar-refractivity contribution in [3.05, 3.63) is 65.9 Å². The number of hydrogen-bond acceptors (Lipinski definition) is 1. The van der Waals surface area contributed by atoms with Crippen LogP contribution in [0.15, 0.2) is 54.7 Å². The first kappa shape index (κ1) is 13.2. The van der Waals surface area contributed by atoms with E-state index < -0.39 is 0 Å². The molecule has 0 aliphatic carbocycles. The van der Waals surface area contributed by atoms with Crippen molar-refractivity contribution < 1.29 is 4.79 Å². The van der Waals surface area contributed by atoms with E-state index in [4.69, 9.17) is 0 Å². The van der Waals surface area contributed by atoms with Gasteiger partial charge in [-0.05, 0) is 42.3 Å². The Morgan fingerprint density at radius 3 is 2.86 bits per heavy atom. The van der Waals surface area contributed by atoms with Crippen LogP contribution in [-0.2, 0) is 6.54 Å². The average molecular weight is 279 g/mol. The van der Waals surface area contributed by atoms with Crippen molar-refractivity contribution in [3.8, 4) is 0 Å². The van der Waals surface area contributed by atoms with Gasteiger partial charge < -0.3 is 15.6 Å². The van der Waals surface area contributed by atoms with Crippen LogP contribution in [0.5, 0.6) is 0 Å². The van der Waals surface area contributed by atoms with Gasteiger partial charge >= 0.3 is 6.03 Å². The van der Waals surface area contributed by atoms with Crippen molar-refractivity contribution in [1.29, 1.82) is 0 Å². The Morgan fingerprint density at radius 2 is 2.00 bits per heavy atom. The fourth-order valence-corrected chi connectivity index (χ4v) is 2.29. The lowest BCUT2D eigenvalue weighted by Gasteiger charge is -2.09. The highest BCUT2D eigenvalue weighted by atomic mass is 16.2. The largest absolute Gasteiger partial charge is 0.361 e. The smallest absolute Gasteiger partial charge is 0.319 e. The van der Waals surface area contributed by atoms with Crippen molar-refractivity contribution in [1.82, 2.24) is 10.3 Å². The van der Waals surface area contributed by atoms with Gasteiger partial charge in [0, 0.05) is 29.3 Å². The summed E-state index contributed by atoms with van der Waals surface area (Å²) in [4.78, 5) is 15.1. The molecule has 3 rings (SSSR count). The number of aryl methyl sites for hydroxylation is 1. The molecule has 0 bridgehead atoms. The van der Waals surface area contributed by atoms with Gasteiger partial charge in [-0.1, -0.05) is 24.3 Å². The number of anilines is 1. The zero-order chi connectivity index (χ0) is 14.7. The Hall–Kier alpha value is -2.75. The molecule has 0 saturated carbocycles. The molecule has 3 N–H and O–H groups in total. The highest BCUT2D eigenvalue weighted by Crippen LogP contribution is 2.17. The van der Waals surface area contributed by atoms with Crippen LogP contribution >= 0.6 is 0 Å². The second-order valence-corrected chi connectivity index (χ2v) is 5.01. The summed E-state index contributed by atoms with van der Waals surface area (Å²) in [7, 11) is 0. The van der Waals surface area contributed by atoms with E-state index in [9.17, 15) is 4.79 Å². The molecule has 0 spiro atoms. The van der Waals surface area contributed by atoms with Crippen molar-refractivity contribution in [2.45, 2.75) is 13.5 Å². The maximum atomic E-state index is 11.9. The number of aromatic amines is 1. The predicted molar refractivity (Wildman–Crippen MR) is 85.3 cm³/mol. The molecule has 4 nitrogen and oxygen atoms in total. The van der Waals surface area contributed by atoms with Crippen LogP contribution in [-0.4, -0.2) is 11.0 Å². The fraction of sp³-hybridized carbons (Fsp3) is 0.118. The molecular formula is C17H17N3O. The lowest BCUT2D eigenvalue weighted by Crippen LogP contribution is -2.28. The molecule has 0 fully saturated rings. The van der Waals surface area contributed by atoms with Gasteiger partial charge in [0.15, 0.2) is 0 Å². The monoisotopic (exact) mass is 279 g/mol. The Bertz CT molecular complexity index is 776. The molecule has 21 heavy (non-hydrogen) atoms. The number of fused-ring (bicyclic) bond motifs is 1. The Balaban J connectivity index is 1.62. The first-order valence-electron chi connectivity index (χ1n) is 6.89. The van der Waals surface area contributed by atoms with E-state index in [2.05, 4.69) is 15.6 Å². The van der Waals surface area contributed by atoms with Gasteiger partial charge in [-0.3, -0.25) is 0 Å². The lowest BCUT2D eigenvalue weighted by atomic mass is 10.1. The van der Waals surface area contributed by atoms with Gasteiger partial charge in [0.1, 0.15) is 0 Å². The highest BCUT2D eigenvalue weighted by Gasteiger charge is 2.04. The number of nitrogens with one attached hydrogen (secondary N) is 3. The molecule has 0 atom stereocenters. The molecule has 0 unspecified atom stereocenters. The minimum absolute atomic E-state index is 0.201. The SMILES string of the molecule is Cc1ccccc1CNC(=O)Nc1ccc2[nH]ccc2c1. The normalized spacial score (nSPS) is 10.5. The molecule has 0 radical (unpaired) electrons. The highest BCUT2D eigenvalue weighted by molar-refractivity contribution is 5.92. The topological polar surface area (TPSA) is 56.9 Å². The van der Waals surface area contributed by atoms with E-state index in [1.807, 2.05) is 61.7 Å². The number of carbonyl (C=O) groups is 1. The number of aromatic nitrogens is 1. The molecule has 106 valence electrons. The van der Waals surface area contributed by atoms with Crippen molar-refractivity contribution in [2.24, 2.45) is 0 Å². The minimum atomic E-state index is -0.201. The van der Waals surface area contributed by atoms with Gasteiger partial charge in [-0.2, -0.15) is 0 Å². The van der Waals surface area contributed by atoms with E-state index in [0.717, 1.165) is 22.2 Å². The first-order valence-corrected chi connectivity index (χ1v) is 6.89. The Labute approximate surface area is 123 Å². The third-order valence-corrected chi connectivity index (χ3v) is 3.51. The summed E-state index contributed by atoms with van der Waals surface area (Å²) in [5.41, 5.74) is 4.13. The number of urea groups is 1. The number of H-pyrrole nitrogens is 1. The van der Waals surface area contributed by atoms with Gasteiger partial charge in [-0.25, -0.2) is 4.79 Å². The first-order chi connectivity index (χ1) is 10.2. The van der Waals surface area contributed by atoms with Crippen LogP contribution < -0.4 is 10.6 Å². The van der Waals surface area contributed by atoms with Crippen LogP contribution in [0.4, 0.5) is 10.5 Å². The minimum Gasteiger partial charge on any atom is -0.361 e. The average Bonchev–Trinajstić information content (AvgIpc) is 2.94. The van der Waals surface area contributed by atoms with E-state index in [0.29, 0.717) is 6.54 Å². The zero-order valence-electron chi connectivity index (χ0n) is 11.8. The molecule has 1 heterocycles. The molecule has 3 aromatic rings. The van der Waals surface area contributed by atoms with Crippen molar-refractivity contribution >= 4 is 22.6 Å². The molecule has 0 aliphatic heterocycles. The van der Waals surface area contributed by atoms with E-state index in [-0.39, 0.29) is 6.03 Å². The number of hydrogen-bond donors (Lipinski definition) is 3. The zero-order valence-corrected chi connectivity index (χ0v) is 11.8. The molecular weight excluding hydrogens is 262 g/mol. The summed E-state index contributed by atoms with van der Waals surface area (Å²) < 4.78 is 0. The summed E-state index contributed by atoms with van der Waals surface area (Å²) in [5, 5.41) is 6.80. The van der Waals surface area contributed by atoms with Crippen LogP contribution in [0.1, 0.15) is 11.1 Å². The van der Waals surface area contributed by atoms with Gasteiger partial charge in [-0.15, -0.1) is 0 Å².